The molecule has 2 heterocycles. The number of allylic oxidation sites excluding steroid dienone is 1. The molecule has 2 N–H and O–H groups in total. The highest BCUT2D eigenvalue weighted by Crippen LogP contribution is 2.43. The highest BCUT2D eigenvalue weighted by molar-refractivity contribution is 6.62. The van der Waals surface area contributed by atoms with Gasteiger partial charge in [0.1, 0.15) is 11.5 Å². The summed E-state index contributed by atoms with van der Waals surface area (Å²) in [6.45, 7) is 7.87. The van der Waals surface area contributed by atoms with E-state index in [0.717, 1.165) is 5.46 Å². The second kappa shape index (κ2) is 10.0. The zero-order valence-electron chi connectivity index (χ0n) is 22.3. The summed E-state index contributed by atoms with van der Waals surface area (Å²) in [6, 6.07) is 18.0. The summed E-state index contributed by atoms with van der Waals surface area (Å²) in [4.78, 5) is 27.7. The summed E-state index contributed by atoms with van der Waals surface area (Å²) >= 11 is 0. The first-order valence-corrected chi connectivity index (χ1v) is 12.1. The smallest absolute Gasteiger partial charge is 0.466 e. The molecular formula is C28H30BN3O6. The topological polar surface area (TPSA) is 124 Å². The molecule has 0 radical (unpaired) electrons. The fraction of sp³-hybridized carbons (Fsp3) is 0.321. The number of ether oxygens (including phenoxy) is 2. The molecule has 1 fully saturated rings. The zero-order valence-corrected chi connectivity index (χ0v) is 22.3. The minimum atomic E-state index is -0.928. The number of nitrogens with two attached hydrogens (primary N) is 1. The van der Waals surface area contributed by atoms with E-state index < -0.39 is 36.2 Å². The fourth-order valence-electron chi connectivity index (χ4n) is 4.54. The molecule has 0 aromatic heterocycles. The number of methoxy groups -OCH3 is 2. The monoisotopic (exact) mass is 515 g/mol. The lowest BCUT2D eigenvalue weighted by atomic mass is 9.78. The minimum Gasteiger partial charge on any atom is -0.466 e. The lowest BCUT2D eigenvalue weighted by molar-refractivity contribution is -0.139. The maximum Gasteiger partial charge on any atom is 0.494 e. The van der Waals surface area contributed by atoms with Crippen molar-refractivity contribution in [1.29, 1.82) is 5.26 Å². The van der Waals surface area contributed by atoms with Crippen LogP contribution in [0, 0.1) is 11.3 Å². The molecule has 1 unspecified atom stereocenters. The summed E-state index contributed by atoms with van der Waals surface area (Å²) in [5, 5.41) is 10.2. The van der Waals surface area contributed by atoms with Gasteiger partial charge in [-0.2, -0.15) is 5.26 Å². The third kappa shape index (κ3) is 4.44. The normalized spacial score (nSPS) is 20.3. The van der Waals surface area contributed by atoms with Gasteiger partial charge in [-0.1, -0.05) is 42.5 Å². The summed E-state index contributed by atoms with van der Waals surface area (Å²) < 4.78 is 22.4. The first kappa shape index (κ1) is 27.0. The van der Waals surface area contributed by atoms with Gasteiger partial charge < -0.3 is 24.5 Å². The standard InChI is InChI=1S/C28H30BN3O6/c1-27(2)28(3,4)38-29(37-27)18-12-14-19(15-13-18)32-23(26(34)36-6)22(25(33)35-5)21(20(16-30)24(32)31)17-10-8-7-9-11-17/h7-15,21H,31H2,1-6H3. The van der Waals surface area contributed by atoms with E-state index in [-0.39, 0.29) is 22.7 Å². The average molecular weight is 515 g/mol. The number of esters is 2. The summed E-state index contributed by atoms with van der Waals surface area (Å²) in [5.41, 5.74) is 7.23. The van der Waals surface area contributed by atoms with Crippen molar-refractivity contribution in [2.45, 2.75) is 44.8 Å². The molecule has 2 aliphatic heterocycles. The first-order valence-electron chi connectivity index (χ1n) is 12.1. The van der Waals surface area contributed by atoms with Crippen LogP contribution >= 0.6 is 0 Å². The van der Waals surface area contributed by atoms with Crippen LogP contribution in [-0.2, 0) is 28.4 Å². The van der Waals surface area contributed by atoms with Gasteiger partial charge in [0.25, 0.3) is 0 Å². The van der Waals surface area contributed by atoms with Gasteiger partial charge in [-0.3, -0.25) is 4.90 Å². The van der Waals surface area contributed by atoms with Crippen molar-refractivity contribution in [3.05, 3.63) is 82.8 Å². The molecule has 2 aromatic rings. The Morgan fingerprint density at radius 1 is 0.947 bits per heavy atom. The summed E-state index contributed by atoms with van der Waals surface area (Å²) in [7, 11) is 1.83. The molecule has 4 rings (SSSR count). The van der Waals surface area contributed by atoms with Gasteiger partial charge in [0.05, 0.1) is 48.6 Å². The van der Waals surface area contributed by atoms with Gasteiger partial charge in [0, 0.05) is 5.69 Å². The van der Waals surface area contributed by atoms with E-state index in [9.17, 15) is 14.9 Å². The van der Waals surface area contributed by atoms with Crippen LogP contribution in [-0.4, -0.2) is 44.5 Å². The molecule has 1 atom stereocenters. The number of carbonyl (C=O) groups is 2. The predicted octanol–water partition coefficient (Wildman–Crippen LogP) is 2.88. The van der Waals surface area contributed by atoms with Crippen molar-refractivity contribution in [3.63, 3.8) is 0 Å². The Kier molecular flexibility index (Phi) is 7.11. The van der Waals surface area contributed by atoms with E-state index in [4.69, 9.17) is 24.5 Å². The van der Waals surface area contributed by atoms with Crippen LogP contribution in [0.3, 0.4) is 0 Å². The quantitative estimate of drug-likeness (QED) is 0.473. The Morgan fingerprint density at radius 3 is 2.00 bits per heavy atom. The molecule has 38 heavy (non-hydrogen) atoms. The van der Waals surface area contributed by atoms with Crippen molar-refractivity contribution in [1.82, 2.24) is 0 Å². The number of anilines is 1. The third-order valence-electron chi connectivity index (χ3n) is 7.29. The number of hydrogen-bond donors (Lipinski definition) is 1. The van der Waals surface area contributed by atoms with Crippen LogP contribution in [0.2, 0.25) is 0 Å². The Hall–Kier alpha value is -4.07. The van der Waals surface area contributed by atoms with Gasteiger partial charge >= 0.3 is 19.1 Å². The Labute approximate surface area is 222 Å². The average Bonchev–Trinajstić information content (AvgIpc) is 3.13. The van der Waals surface area contributed by atoms with Crippen LogP contribution in [0.5, 0.6) is 0 Å². The predicted molar refractivity (Wildman–Crippen MR) is 142 cm³/mol. The van der Waals surface area contributed by atoms with Crippen LogP contribution in [0.25, 0.3) is 0 Å². The van der Waals surface area contributed by atoms with Gasteiger partial charge in [0.15, 0.2) is 0 Å². The van der Waals surface area contributed by atoms with Gasteiger partial charge in [0.2, 0.25) is 0 Å². The molecule has 0 amide bonds. The molecule has 0 aliphatic carbocycles. The highest BCUT2D eigenvalue weighted by atomic mass is 16.7. The van der Waals surface area contributed by atoms with E-state index >= 15 is 0 Å². The van der Waals surface area contributed by atoms with Crippen molar-refractivity contribution >= 4 is 30.2 Å². The van der Waals surface area contributed by atoms with Crippen molar-refractivity contribution in [2.75, 3.05) is 19.1 Å². The van der Waals surface area contributed by atoms with E-state index in [1.54, 1.807) is 48.5 Å². The van der Waals surface area contributed by atoms with Gasteiger partial charge in [-0.05, 0) is 50.9 Å². The molecule has 0 bridgehead atoms. The molecule has 9 nitrogen and oxygen atoms in total. The molecule has 2 aliphatic rings. The Morgan fingerprint density at radius 2 is 1.50 bits per heavy atom. The lowest BCUT2D eigenvalue weighted by Crippen LogP contribution is -2.41. The largest absolute Gasteiger partial charge is 0.494 e. The number of nitrogens with zero attached hydrogens (tertiary/aromatic N) is 2. The van der Waals surface area contributed by atoms with E-state index in [2.05, 4.69) is 6.07 Å². The lowest BCUT2D eigenvalue weighted by Gasteiger charge is -2.36. The van der Waals surface area contributed by atoms with Crippen LogP contribution in [0.15, 0.2) is 77.3 Å². The molecule has 2 aromatic carbocycles. The maximum absolute atomic E-state index is 13.2. The van der Waals surface area contributed by atoms with Crippen LogP contribution in [0.4, 0.5) is 5.69 Å². The van der Waals surface area contributed by atoms with E-state index in [0.29, 0.717) is 11.3 Å². The molecule has 196 valence electrons. The van der Waals surface area contributed by atoms with E-state index in [1.807, 2.05) is 33.8 Å². The number of carbonyl (C=O) groups excluding carboxylic acids is 2. The summed E-state index contributed by atoms with van der Waals surface area (Å²) in [6.07, 6.45) is 0. The third-order valence-corrected chi connectivity index (χ3v) is 7.29. The maximum atomic E-state index is 13.2. The molecule has 10 heteroatoms. The first-order chi connectivity index (χ1) is 18.0. The van der Waals surface area contributed by atoms with Crippen LogP contribution < -0.4 is 16.1 Å². The van der Waals surface area contributed by atoms with Crippen LogP contribution in [0.1, 0.15) is 39.2 Å². The minimum absolute atomic E-state index is 0.00205. The molecule has 0 saturated carbocycles. The molecule has 1 saturated heterocycles. The van der Waals surface area contributed by atoms with Crippen molar-refractivity contribution < 1.29 is 28.4 Å². The Bertz CT molecular complexity index is 1340. The SMILES string of the molecule is COC(=O)C1=C(C(=O)OC)N(c2ccc(B3OC(C)(C)C(C)(C)O3)cc2)C(N)=C(C#N)C1c1ccccc1. The fourth-order valence-corrected chi connectivity index (χ4v) is 4.54. The van der Waals surface area contributed by atoms with Gasteiger partial charge in [-0.25, -0.2) is 9.59 Å². The number of nitriles is 1. The second-order valence-electron chi connectivity index (χ2n) is 10.0. The number of rotatable bonds is 5. The summed E-state index contributed by atoms with van der Waals surface area (Å²) in [5.74, 6) is -2.51. The van der Waals surface area contributed by atoms with Crippen molar-refractivity contribution in [3.8, 4) is 6.07 Å². The Balaban J connectivity index is 1.87. The zero-order chi connectivity index (χ0) is 27.8. The number of hydrogen-bond acceptors (Lipinski definition) is 9. The van der Waals surface area contributed by atoms with Gasteiger partial charge in [-0.15, -0.1) is 0 Å². The molecule has 0 spiro atoms. The molecular weight excluding hydrogens is 485 g/mol. The highest BCUT2D eigenvalue weighted by Gasteiger charge is 2.51. The van der Waals surface area contributed by atoms with E-state index in [1.165, 1.54) is 19.1 Å². The van der Waals surface area contributed by atoms with Crippen molar-refractivity contribution in [2.24, 2.45) is 5.73 Å². The second-order valence-corrected chi connectivity index (χ2v) is 10.0. The number of benzene rings is 2.